The molecule has 1 aliphatic heterocycles. The van der Waals surface area contributed by atoms with Gasteiger partial charge in [-0.1, -0.05) is 67.2 Å². The van der Waals surface area contributed by atoms with Crippen LogP contribution in [0.4, 0.5) is 0 Å². The van der Waals surface area contributed by atoms with Crippen LogP contribution in [0.2, 0.25) is 0 Å². The van der Waals surface area contributed by atoms with Gasteiger partial charge in [-0.15, -0.1) is 0 Å². The first-order chi connectivity index (χ1) is 14.0. The summed E-state index contributed by atoms with van der Waals surface area (Å²) in [4.78, 5) is 27.3. The highest BCUT2D eigenvalue weighted by molar-refractivity contribution is 5.90. The van der Waals surface area contributed by atoms with Gasteiger partial charge < -0.3 is 14.9 Å². The summed E-state index contributed by atoms with van der Waals surface area (Å²) in [6, 6.07) is 19.5. The summed E-state index contributed by atoms with van der Waals surface area (Å²) in [5, 5.41) is 11.9. The normalized spacial score (nSPS) is 15.0. The smallest absolute Gasteiger partial charge is 0.246 e. The van der Waals surface area contributed by atoms with E-state index in [9.17, 15) is 14.7 Å². The van der Waals surface area contributed by atoms with E-state index in [0.29, 0.717) is 25.9 Å². The van der Waals surface area contributed by atoms with Crippen molar-refractivity contribution in [1.82, 2.24) is 9.80 Å². The van der Waals surface area contributed by atoms with Gasteiger partial charge in [-0.3, -0.25) is 9.59 Å². The van der Waals surface area contributed by atoms with Crippen LogP contribution in [0.25, 0.3) is 0 Å². The number of hydrogen-bond donors (Lipinski definition) is 1. The molecule has 0 saturated carbocycles. The summed E-state index contributed by atoms with van der Waals surface area (Å²) in [6.45, 7) is 4.61. The van der Waals surface area contributed by atoms with Crippen molar-refractivity contribution in [3.8, 4) is 0 Å². The fraction of sp³-hybridized carbons (Fsp3) is 0.333. The van der Waals surface area contributed by atoms with Crippen molar-refractivity contribution in [3.05, 3.63) is 84.4 Å². The minimum absolute atomic E-state index is 0.0103. The van der Waals surface area contributed by atoms with Crippen molar-refractivity contribution in [2.45, 2.75) is 18.4 Å². The van der Waals surface area contributed by atoms with Gasteiger partial charge in [0.05, 0.1) is 6.54 Å². The van der Waals surface area contributed by atoms with Crippen LogP contribution in [0.3, 0.4) is 0 Å². The number of rotatable bonds is 6. The Hall–Kier alpha value is -2.92. The Morgan fingerprint density at radius 3 is 2.00 bits per heavy atom. The van der Waals surface area contributed by atoms with Gasteiger partial charge in [0, 0.05) is 20.1 Å². The second kappa shape index (κ2) is 9.05. The summed E-state index contributed by atoms with van der Waals surface area (Å²) in [6.07, 6.45) is 2.58. The number of likely N-dealkylation sites (N-methyl/N-ethyl adjacent to an activating group) is 1. The summed E-state index contributed by atoms with van der Waals surface area (Å²) in [7, 11) is 1.60. The van der Waals surface area contributed by atoms with Crippen LogP contribution in [0.5, 0.6) is 0 Å². The monoisotopic (exact) mass is 392 g/mol. The molecule has 2 amide bonds. The van der Waals surface area contributed by atoms with Crippen LogP contribution in [0, 0.1) is 5.92 Å². The van der Waals surface area contributed by atoms with Gasteiger partial charge >= 0.3 is 0 Å². The summed E-state index contributed by atoms with van der Waals surface area (Å²) in [5.74, 6) is -0.358. The number of piperidine rings is 1. The maximum atomic E-state index is 12.6. The molecule has 152 valence electrons. The van der Waals surface area contributed by atoms with Gasteiger partial charge in [0.25, 0.3) is 0 Å². The fourth-order valence-electron chi connectivity index (χ4n) is 4.11. The van der Waals surface area contributed by atoms with Gasteiger partial charge in [-0.2, -0.15) is 0 Å². The molecule has 0 unspecified atom stereocenters. The van der Waals surface area contributed by atoms with Crippen LogP contribution >= 0.6 is 0 Å². The van der Waals surface area contributed by atoms with Gasteiger partial charge in [0.2, 0.25) is 11.8 Å². The Morgan fingerprint density at radius 1 is 1.07 bits per heavy atom. The molecule has 1 fully saturated rings. The highest BCUT2D eigenvalue weighted by Gasteiger charge is 2.42. The van der Waals surface area contributed by atoms with Crippen LogP contribution in [-0.4, -0.2) is 53.4 Å². The first kappa shape index (κ1) is 20.8. The molecule has 0 radical (unpaired) electrons. The second-order valence-corrected chi connectivity index (χ2v) is 7.55. The molecule has 0 bridgehead atoms. The zero-order valence-corrected chi connectivity index (χ0v) is 16.8. The van der Waals surface area contributed by atoms with Crippen molar-refractivity contribution in [2.75, 3.05) is 26.7 Å². The van der Waals surface area contributed by atoms with Crippen molar-refractivity contribution < 1.29 is 14.7 Å². The standard InChI is InChI=1S/C24H28N2O3/c1-3-22(27)25(2)18-23(28)26-16-14-21(15-17-26)24(29,19-10-6-4-7-11-19)20-12-8-5-9-13-20/h3-13,21,29H,1,14-18H2,2H3. The zero-order chi connectivity index (χ0) is 20.9. The SMILES string of the molecule is C=CC(=O)N(C)CC(=O)N1CCC(C(O)(c2ccccc2)c2ccccc2)CC1. The number of carbonyl (C=O) groups excluding carboxylic acids is 2. The lowest BCUT2D eigenvalue weighted by Gasteiger charge is -2.42. The molecule has 1 saturated heterocycles. The molecule has 5 heteroatoms. The van der Waals surface area contributed by atoms with Crippen LogP contribution in [0.15, 0.2) is 73.3 Å². The maximum Gasteiger partial charge on any atom is 0.246 e. The lowest BCUT2D eigenvalue weighted by molar-refractivity contribution is -0.139. The zero-order valence-electron chi connectivity index (χ0n) is 16.8. The Bertz CT molecular complexity index is 803. The second-order valence-electron chi connectivity index (χ2n) is 7.55. The first-order valence-corrected chi connectivity index (χ1v) is 9.95. The number of carbonyl (C=O) groups is 2. The van der Waals surface area contributed by atoms with E-state index in [1.807, 2.05) is 60.7 Å². The van der Waals surface area contributed by atoms with Crippen LogP contribution in [-0.2, 0) is 15.2 Å². The van der Waals surface area contributed by atoms with E-state index < -0.39 is 5.60 Å². The molecule has 0 atom stereocenters. The lowest BCUT2D eigenvalue weighted by Crippen LogP contribution is -2.48. The number of nitrogens with zero attached hydrogens (tertiary/aromatic N) is 2. The third-order valence-corrected chi connectivity index (χ3v) is 5.79. The van der Waals surface area contributed by atoms with E-state index in [1.165, 1.54) is 11.0 Å². The van der Waals surface area contributed by atoms with Crippen molar-refractivity contribution in [1.29, 1.82) is 0 Å². The number of amides is 2. The fourth-order valence-corrected chi connectivity index (χ4v) is 4.11. The van der Waals surface area contributed by atoms with E-state index in [2.05, 4.69) is 6.58 Å². The predicted molar refractivity (Wildman–Crippen MR) is 113 cm³/mol. The molecule has 2 aromatic rings. The van der Waals surface area contributed by atoms with Gasteiger partial charge in [0.15, 0.2) is 0 Å². The third kappa shape index (κ3) is 4.40. The molecule has 3 rings (SSSR count). The predicted octanol–water partition coefficient (Wildman–Crippen LogP) is 2.81. The highest BCUT2D eigenvalue weighted by atomic mass is 16.3. The molecular formula is C24H28N2O3. The van der Waals surface area contributed by atoms with E-state index in [0.717, 1.165) is 11.1 Å². The van der Waals surface area contributed by atoms with Gasteiger partial charge in [-0.25, -0.2) is 0 Å². The van der Waals surface area contributed by atoms with Gasteiger partial charge in [-0.05, 0) is 36.0 Å². The summed E-state index contributed by atoms with van der Waals surface area (Å²) in [5.41, 5.74) is 0.632. The summed E-state index contributed by atoms with van der Waals surface area (Å²) >= 11 is 0. The molecule has 2 aromatic carbocycles. The topological polar surface area (TPSA) is 60.9 Å². The molecule has 5 nitrogen and oxygen atoms in total. The summed E-state index contributed by atoms with van der Waals surface area (Å²) < 4.78 is 0. The van der Waals surface area contributed by atoms with Crippen molar-refractivity contribution >= 4 is 11.8 Å². The number of benzene rings is 2. The van der Waals surface area contributed by atoms with E-state index >= 15 is 0 Å². The van der Waals surface area contributed by atoms with Crippen molar-refractivity contribution in [2.24, 2.45) is 5.92 Å². The Morgan fingerprint density at radius 2 is 1.55 bits per heavy atom. The van der Waals surface area contributed by atoms with E-state index in [-0.39, 0.29) is 24.3 Å². The quantitative estimate of drug-likeness (QED) is 0.769. The van der Waals surface area contributed by atoms with Crippen LogP contribution in [0.1, 0.15) is 24.0 Å². The molecule has 1 heterocycles. The van der Waals surface area contributed by atoms with E-state index in [1.54, 1.807) is 11.9 Å². The third-order valence-electron chi connectivity index (χ3n) is 5.79. The maximum absolute atomic E-state index is 12.6. The molecule has 0 spiro atoms. The number of hydrogen-bond acceptors (Lipinski definition) is 3. The molecule has 29 heavy (non-hydrogen) atoms. The lowest BCUT2D eigenvalue weighted by atomic mass is 9.72. The molecule has 1 N–H and O–H groups in total. The minimum atomic E-state index is -1.10. The average Bonchev–Trinajstić information content (AvgIpc) is 2.79. The highest BCUT2D eigenvalue weighted by Crippen LogP contribution is 2.41. The minimum Gasteiger partial charge on any atom is -0.380 e. The van der Waals surface area contributed by atoms with Crippen LogP contribution < -0.4 is 0 Å². The Labute approximate surface area is 172 Å². The molecule has 0 aromatic heterocycles. The Balaban J connectivity index is 1.75. The largest absolute Gasteiger partial charge is 0.380 e. The average molecular weight is 392 g/mol. The number of likely N-dealkylation sites (tertiary alicyclic amines) is 1. The molecule has 0 aliphatic carbocycles. The van der Waals surface area contributed by atoms with Gasteiger partial charge in [0.1, 0.15) is 5.60 Å². The number of aliphatic hydroxyl groups is 1. The molecular weight excluding hydrogens is 364 g/mol. The van der Waals surface area contributed by atoms with Crippen molar-refractivity contribution in [3.63, 3.8) is 0 Å². The van der Waals surface area contributed by atoms with E-state index in [4.69, 9.17) is 0 Å². The first-order valence-electron chi connectivity index (χ1n) is 9.95. The molecule has 1 aliphatic rings. The Kier molecular flexibility index (Phi) is 6.49.